The summed E-state index contributed by atoms with van der Waals surface area (Å²) >= 11 is 0. The predicted octanol–water partition coefficient (Wildman–Crippen LogP) is 5.92. The molecule has 0 saturated carbocycles. The van der Waals surface area contributed by atoms with Gasteiger partial charge in [0.15, 0.2) is 0 Å². The molecule has 0 aliphatic rings. The molecule has 2 nitrogen and oxygen atoms in total. The maximum Gasteiger partial charge on any atom is 0.120 e. The number of carbonyl (C=O) groups excluding carboxylic acids is 2. The van der Waals surface area contributed by atoms with Crippen LogP contribution >= 0.6 is 0 Å². The molecule has 128 valence electrons. The van der Waals surface area contributed by atoms with Gasteiger partial charge in [-0.25, -0.2) is 0 Å². The summed E-state index contributed by atoms with van der Waals surface area (Å²) in [6.45, 7) is 12.6. The third kappa shape index (κ3) is 21.1. The molecule has 0 fully saturated rings. The average molecular weight is 309 g/mol. The molecule has 0 aromatic carbocycles. The van der Waals surface area contributed by atoms with Gasteiger partial charge < -0.3 is 9.59 Å². The van der Waals surface area contributed by atoms with Crippen LogP contribution < -0.4 is 0 Å². The van der Waals surface area contributed by atoms with Crippen LogP contribution in [0.5, 0.6) is 0 Å². The van der Waals surface area contributed by atoms with Gasteiger partial charge in [0.1, 0.15) is 12.6 Å². The fourth-order valence-corrected chi connectivity index (χ4v) is 1.88. The quantitative estimate of drug-likeness (QED) is 0.371. The first-order valence-electron chi connectivity index (χ1n) is 8.47. The van der Waals surface area contributed by atoms with Crippen molar-refractivity contribution in [3.05, 3.63) is 23.3 Å². The van der Waals surface area contributed by atoms with Crippen LogP contribution in [0.25, 0.3) is 0 Å². The van der Waals surface area contributed by atoms with Gasteiger partial charge in [0.05, 0.1) is 0 Å². The average Bonchev–Trinajstić information content (AvgIpc) is 2.39. The molecule has 0 bridgehead atoms. The second-order valence-corrected chi connectivity index (χ2v) is 6.73. The van der Waals surface area contributed by atoms with E-state index in [1.165, 1.54) is 11.1 Å². The van der Waals surface area contributed by atoms with Gasteiger partial charge in [-0.05, 0) is 65.2 Å². The summed E-state index contributed by atoms with van der Waals surface area (Å²) in [6.07, 6.45) is 12.3. The highest BCUT2D eigenvalue weighted by Gasteiger charge is 1.98. The SMILES string of the molecule is CC(C)=CCC[C@@H](C)CC=O.CC(C)=CCC[C@H](C)CC=O. The van der Waals surface area contributed by atoms with E-state index in [1.807, 2.05) is 0 Å². The Morgan fingerprint density at radius 2 is 1.05 bits per heavy atom. The monoisotopic (exact) mass is 308 g/mol. The molecule has 0 N–H and O–H groups in total. The van der Waals surface area contributed by atoms with Crippen molar-refractivity contribution in [3.63, 3.8) is 0 Å². The molecule has 0 spiro atoms. The van der Waals surface area contributed by atoms with E-state index in [9.17, 15) is 9.59 Å². The first-order valence-corrected chi connectivity index (χ1v) is 8.47. The lowest BCUT2D eigenvalue weighted by Crippen LogP contribution is -1.93. The lowest BCUT2D eigenvalue weighted by molar-refractivity contribution is -0.109. The zero-order chi connectivity index (χ0) is 17.4. The van der Waals surface area contributed by atoms with Gasteiger partial charge in [0, 0.05) is 12.8 Å². The number of carbonyl (C=O) groups is 2. The zero-order valence-electron chi connectivity index (χ0n) is 15.5. The fourth-order valence-electron chi connectivity index (χ4n) is 1.88. The highest BCUT2D eigenvalue weighted by Crippen LogP contribution is 2.10. The van der Waals surface area contributed by atoms with Crippen molar-refractivity contribution in [2.24, 2.45) is 11.8 Å². The van der Waals surface area contributed by atoms with Crippen molar-refractivity contribution in [1.82, 2.24) is 0 Å². The number of allylic oxidation sites excluding steroid dienone is 4. The number of hydrogen-bond acceptors (Lipinski definition) is 2. The topological polar surface area (TPSA) is 34.1 Å². The molecular weight excluding hydrogens is 272 g/mol. The number of rotatable bonds is 10. The molecule has 0 heterocycles. The van der Waals surface area contributed by atoms with Crippen molar-refractivity contribution < 1.29 is 9.59 Å². The third-order valence-electron chi connectivity index (χ3n) is 3.42. The molecule has 0 aromatic rings. The van der Waals surface area contributed by atoms with Gasteiger partial charge >= 0.3 is 0 Å². The summed E-state index contributed by atoms with van der Waals surface area (Å²) < 4.78 is 0. The Morgan fingerprint density at radius 1 is 0.727 bits per heavy atom. The molecule has 0 rings (SSSR count). The van der Waals surface area contributed by atoms with Gasteiger partial charge in [-0.15, -0.1) is 0 Å². The first-order chi connectivity index (χ1) is 10.3. The second kappa shape index (κ2) is 16.2. The van der Waals surface area contributed by atoms with Crippen LogP contribution in [0.15, 0.2) is 23.3 Å². The Bertz CT molecular complexity index is 298. The van der Waals surface area contributed by atoms with Crippen LogP contribution in [0.2, 0.25) is 0 Å². The lowest BCUT2D eigenvalue weighted by Gasteiger charge is -2.03. The van der Waals surface area contributed by atoms with Crippen molar-refractivity contribution in [1.29, 1.82) is 0 Å². The van der Waals surface area contributed by atoms with E-state index in [0.717, 1.165) is 38.3 Å². The Kier molecular flexibility index (Phi) is 17.0. The van der Waals surface area contributed by atoms with E-state index in [-0.39, 0.29) is 0 Å². The predicted molar refractivity (Wildman–Crippen MR) is 97.0 cm³/mol. The third-order valence-corrected chi connectivity index (χ3v) is 3.42. The van der Waals surface area contributed by atoms with Crippen molar-refractivity contribution in [2.45, 2.75) is 80.1 Å². The summed E-state index contributed by atoms with van der Waals surface area (Å²) in [5, 5.41) is 0. The molecule has 22 heavy (non-hydrogen) atoms. The zero-order valence-corrected chi connectivity index (χ0v) is 15.5. The van der Waals surface area contributed by atoms with E-state index < -0.39 is 0 Å². The minimum Gasteiger partial charge on any atom is -0.303 e. The highest BCUT2D eigenvalue weighted by molar-refractivity contribution is 5.49. The molecule has 0 unspecified atom stereocenters. The molecule has 0 saturated heterocycles. The van der Waals surface area contributed by atoms with Gasteiger partial charge in [0.2, 0.25) is 0 Å². The summed E-state index contributed by atoms with van der Waals surface area (Å²) in [7, 11) is 0. The maximum atomic E-state index is 10.1. The van der Waals surface area contributed by atoms with Crippen molar-refractivity contribution in [3.8, 4) is 0 Å². The normalized spacial score (nSPS) is 12.3. The molecule has 0 amide bonds. The molecule has 0 aromatic heterocycles. The van der Waals surface area contributed by atoms with E-state index >= 15 is 0 Å². The maximum absolute atomic E-state index is 10.1. The Hall–Kier alpha value is -1.18. The fraction of sp³-hybridized carbons (Fsp3) is 0.700. The summed E-state index contributed by atoms with van der Waals surface area (Å²) in [4.78, 5) is 20.2. The number of aldehydes is 2. The molecule has 0 aliphatic carbocycles. The van der Waals surface area contributed by atoms with Gasteiger partial charge in [0.25, 0.3) is 0 Å². The van der Waals surface area contributed by atoms with Crippen LogP contribution in [0.3, 0.4) is 0 Å². The van der Waals surface area contributed by atoms with Crippen molar-refractivity contribution in [2.75, 3.05) is 0 Å². The van der Waals surface area contributed by atoms with Gasteiger partial charge in [-0.3, -0.25) is 0 Å². The highest BCUT2D eigenvalue weighted by atomic mass is 16.1. The Morgan fingerprint density at radius 3 is 1.27 bits per heavy atom. The molecule has 2 heteroatoms. The van der Waals surface area contributed by atoms with E-state index in [1.54, 1.807) is 0 Å². The Balaban J connectivity index is 0. The van der Waals surface area contributed by atoms with E-state index in [0.29, 0.717) is 24.7 Å². The molecule has 2 atom stereocenters. The summed E-state index contributed by atoms with van der Waals surface area (Å²) in [5.74, 6) is 1.09. The second-order valence-electron chi connectivity index (χ2n) is 6.73. The standard InChI is InChI=1S/2C10H18O/c2*1-9(2)5-4-6-10(3)7-8-11/h2*5,8,10H,4,6-7H2,1-3H3/t2*10-/m10/s1. The summed E-state index contributed by atoms with van der Waals surface area (Å²) in [5.41, 5.74) is 2.73. The molecule has 0 aliphatic heterocycles. The van der Waals surface area contributed by atoms with E-state index in [4.69, 9.17) is 0 Å². The number of hydrogen-bond donors (Lipinski definition) is 0. The van der Waals surface area contributed by atoms with Crippen LogP contribution in [-0.2, 0) is 9.59 Å². The summed E-state index contributed by atoms with van der Waals surface area (Å²) in [6, 6.07) is 0. The first kappa shape index (κ1) is 23.1. The Labute approximate surface area is 138 Å². The van der Waals surface area contributed by atoms with Crippen LogP contribution in [0.1, 0.15) is 80.1 Å². The minimum atomic E-state index is 0.545. The van der Waals surface area contributed by atoms with Crippen molar-refractivity contribution >= 4 is 12.6 Å². The van der Waals surface area contributed by atoms with Crippen LogP contribution in [0, 0.1) is 11.8 Å². The minimum absolute atomic E-state index is 0.545. The van der Waals surface area contributed by atoms with Gasteiger partial charge in [-0.1, -0.05) is 37.1 Å². The smallest absolute Gasteiger partial charge is 0.120 e. The lowest BCUT2D eigenvalue weighted by atomic mass is 10.0. The molecule has 0 radical (unpaired) electrons. The molecular formula is C20H36O2. The van der Waals surface area contributed by atoms with Crippen LogP contribution in [-0.4, -0.2) is 12.6 Å². The van der Waals surface area contributed by atoms with Crippen LogP contribution in [0.4, 0.5) is 0 Å². The van der Waals surface area contributed by atoms with E-state index in [2.05, 4.69) is 53.7 Å². The van der Waals surface area contributed by atoms with Gasteiger partial charge in [-0.2, -0.15) is 0 Å². The largest absolute Gasteiger partial charge is 0.303 e.